The summed E-state index contributed by atoms with van der Waals surface area (Å²) in [7, 11) is 1.70. The van der Waals surface area contributed by atoms with Crippen molar-refractivity contribution in [1.29, 1.82) is 0 Å². The molecular formula is C12H10ClN5O. The number of rotatable bonds is 1. The molecule has 0 spiro atoms. The third-order valence-corrected chi connectivity index (χ3v) is 3.08. The topological polar surface area (TPSA) is 65.1 Å². The first-order chi connectivity index (χ1) is 9.06. The summed E-state index contributed by atoms with van der Waals surface area (Å²) >= 11 is 5.88. The fraction of sp³-hybridized carbons (Fsp3) is 0.167. The van der Waals surface area contributed by atoms with Gasteiger partial charge in [-0.3, -0.25) is 9.20 Å². The van der Waals surface area contributed by atoms with E-state index in [0.29, 0.717) is 28.0 Å². The van der Waals surface area contributed by atoms with E-state index >= 15 is 0 Å². The first kappa shape index (κ1) is 11.9. The zero-order chi connectivity index (χ0) is 13.6. The van der Waals surface area contributed by atoms with Gasteiger partial charge in [0.2, 0.25) is 0 Å². The van der Waals surface area contributed by atoms with E-state index in [9.17, 15) is 4.79 Å². The number of aromatic nitrogens is 5. The molecule has 0 aliphatic carbocycles. The van der Waals surface area contributed by atoms with Crippen molar-refractivity contribution in [3.63, 3.8) is 0 Å². The number of pyridine rings is 1. The van der Waals surface area contributed by atoms with E-state index in [1.54, 1.807) is 23.7 Å². The predicted octanol–water partition coefficient (Wildman–Crippen LogP) is 1.45. The van der Waals surface area contributed by atoms with Gasteiger partial charge in [0.05, 0.1) is 0 Å². The molecule has 3 aromatic rings. The van der Waals surface area contributed by atoms with Crippen molar-refractivity contribution in [3.8, 4) is 11.4 Å². The third-order valence-electron chi connectivity index (χ3n) is 2.89. The molecule has 0 saturated heterocycles. The van der Waals surface area contributed by atoms with Crippen LogP contribution in [0.2, 0.25) is 5.15 Å². The lowest BCUT2D eigenvalue weighted by Gasteiger charge is -2.04. The summed E-state index contributed by atoms with van der Waals surface area (Å²) < 4.78 is 3.26. The molecular weight excluding hydrogens is 266 g/mol. The Morgan fingerprint density at radius 1 is 1.26 bits per heavy atom. The van der Waals surface area contributed by atoms with Crippen molar-refractivity contribution in [3.05, 3.63) is 45.7 Å². The predicted molar refractivity (Wildman–Crippen MR) is 71.2 cm³/mol. The Kier molecular flexibility index (Phi) is 2.60. The van der Waals surface area contributed by atoms with Crippen molar-refractivity contribution in [2.75, 3.05) is 0 Å². The maximum atomic E-state index is 11.7. The maximum absolute atomic E-state index is 11.7. The first-order valence-electron chi connectivity index (χ1n) is 5.61. The molecule has 0 aliphatic rings. The van der Waals surface area contributed by atoms with Crippen LogP contribution in [0.15, 0.2) is 29.2 Å². The van der Waals surface area contributed by atoms with Crippen molar-refractivity contribution in [2.45, 2.75) is 6.92 Å². The Hall–Kier alpha value is -2.21. The van der Waals surface area contributed by atoms with Crippen LogP contribution >= 0.6 is 11.6 Å². The lowest BCUT2D eigenvalue weighted by molar-refractivity contribution is 0.859. The highest BCUT2D eigenvalue weighted by atomic mass is 35.5. The maximum Gasteiger partial charge on any atom is 0.250 e. The van der Waals surface area contributed by atoms with Gasteiger partial charge in [0, 0.05) is 30.9 Å². The highest BCUT2D eigenvalue weighted by molar-refractivity contribution is 6.29. The smallest absolute Gasteiger partial charge is 0.250 e. The van der Waals surface area contributed by atoms with Gasteiger partial charge in [0.25, 0.3) is 5.56 Å². The molecule has 0 radical (unpaired) electrons. The van der Waals surface area contributed by atoms with Crippen LogP contribution in [0, 0.1) is 6.92 Å². The van der Waals surface area contributed by atoms with Crippen molar-refractivity contribution < 1.29 is 0 Å². The molecule has 0 atom stereocenters. The lowest BCUT2D eigenvalue weighted by atomic mass is 10.2. The SMILES string of the molecule is Cc1nc(Cl)cc2nnc(-c3ccn(C)c(=O)c3)n12. The number of hydrogen-bond acceptors (Lipinski definition) is 4. The number of hydrogen-bond donors (Lipinski definition) is 0. The summed E-state index contributed by atoms with van der Waals surface area (Å²) in [5.74, 6) is 1.25. The Morgan fingerprint density at radius 3 is 2.79 bits per heavy atom. The van der Waals surface area contributed by atoms with Crippen LogP contribution < -0.4 is 5.56 Å². The lowest BCUT2D eigenvalue weighted by Crippen LogP contribution is -2.14. The zero-order valence-electron chi connectivity index (χ0n) is 10.3. The number of aryl methyl sites for hydroxylation is 2. The minimum absolute atomic E-state index is 0.103. The van der Waals surface area contributed by atoms with Gasteiger partial charge in [0.1, 0.15) is 11.0 Å². The molecule has 0 saturated carbocycles. The van der Waals surface area contributed by atoms with Crippen molar-refractivity contribution >= 4 is 17.2 Å². The molecule has 7 heteroatoms. The van der Waals surface area contributed by atoms with E-state index in [1.165, 1.54) is 10.6 Å². The van der Waals surface area contributed by atoms with Crippen molar-refractivity contribution in [1.82, 2.24) is 24.1 Å². The molecule has 0 amide bonds. The molecule has 3 aromatic heterocycles. The Bertz CT molecular complexity index is 836. The second-order valence-corrected chi connectivity index (χ2v) is 4.60. The van der Waals surface area contributed by atoms with Crippen LogP contribution in [-0.4, -0.2) is 24.1 Å². The van der Waals surface area contributed by atoms with Gasteiger partial charge in [-0.1, -0.05) is 11.6 Å². The highest BCUT2D eigenvalue weighted by Crippen LogP contribution is 2.19. The quantitative estimate of drug-likeness (QED) is 0.631. The molecule has 0 bridgehead atoms. The minimum atomic E-state index is -0.103. The summed E-state index contributed by atoms with van der Waals surface area (Å²) in [6, 6.07) is 4.96. The van der Waals surface area contributed by atoms with Crippen LogP contribution in [0.4, 0.5) is 0 Å². The molecule has 3 rings (SSSR count). The minimum Gasteiger partial charge on any atom is -0.319 e. The molecule has 0 fully saturated rings. The number of halogens is 1. The average molecular weight is 276 g/mol. The van der Waals surface area contributed by atoms with Crippen LogP contribution in [-0.2, 0) is 7.05 Å². The fourth-order valence-corrected chi connectivity index (χ4v) is 2.15. The van der Waals surface area contributed by atoms with E-state index in [4.69, 9.17) is 11.6 Å². The van der Waals surface area contributed by atoms with Gasteiger partial charge in [-0.05, 0) is 13.0 Å². The van der Waals surface area contributed by atoms with E-state index in [0.717, 1.165) is 0 Å². The van der Waals surface area contributed by atoms with Crippen molar-refractivity contribution in [2.24, 2.45) is 7.05 Å². The van der Waals surface area contributed by atoms with E-state index in [-0.39, 0.29) is 5.56 Å². The van der Waals surface area contributed by atoms with Gasteiger partial charge in [-0.25, -0.2) is 4.98 Å². The average Bonchev–Trinajstić information content (AvgIpc) is 2.76. The molecule has 0 aliphatic heterocycles. The zero-order valence-corrected chi connectivity index (χ0v) is 11.1. The first-order valence-corrected chi connectivity index (χ1v) is 5.99. The summed E-state index contributed by atoms with van der Waals surface area (Å²) in [4.78, 5) is 15.8. The molecule has 6 nitrogen and oxygen atoms in total. The molecule has 0 aromatic carbocycles. The van der Waals surface area contributed by atoms with Gasteiger partial charge in [0.15, 0.2) is 11.5 Å². The molecule has 96 valence electrons. The Labute approximate surface area is 113 Å². The standard InChI is InChI=1S/C12H10ClN5O/c1-7-14-9(13)6-10-15-16-12(18(7)10)8-3-4-17(2)11(19)5-8/h3-6H,1-2H3. The summed E-state index contributed by atoms with van der Waals surface area (Å²) in [6.07, 6.45) is 1.69. The van der Waals surface area contributed by atoms with Crippen LogP contribution in [0.1, 0.15) is 5.82 Å². The van der Waals surface area contributed by atoms with Gasteiger partial charge in [-0.2, -0.15) is 0 Å². The van der Waals surface area contributed by atoms with Crippen LogP contribution in [0.3, 0.4) is 0 Å². The molecule has 0 N–H and O–H groups in total. The molecule has 0 unspecified atom stereocenters. The monoisotopic (exact) mass is 275 g/mol. The van der Waals surface area contributed by atoms with E-state index in [1.807, 2.05) is 13.0 Å². The molecule has 3 heterocycles. The molecule has 19 heavy (non-hydrogen) atoms. The van der Waals surface area contributed by atoms with Crippen LogP contribution in [0.25, 0.3) is 17.0 Å². The van der Waals surface area contributed by atoms with Crippen LogP contribution in [0.5, 0.6) is 0 Å². The normalized spacial score (nSPS) is 11.1. The van der Waals surface area contributed by atoms with Gasteiger partial charge >= 0.3 is 0 Å². The number of nitrogens with zero attached hydrogens (tertiary/aromatic N) is 5. The summed E-state index contributed by atoms with van der Waals surface area (Å²) in [5.41, 5.74) is 1.20. The highest BCUT2D eigenvalue weighted by Gasteiger charge is 2.12. The Morgan fingerprint density at radius 2 is 2.05 bits per heavy atom. The second-order valence-electron chi connectivity index (χ2n) is 4.21. The largest absolute Gasteiger partial charge is 0.319 e. The Balaban J connectivity index is 2.31. The van der Waals surface area contributed by atoms with Gasteiger partial charge < -0.3 is 4.57 Å². The fourth-order valence-electron chi connectivity index (χ4n) is 1.93. The summed E-state index contributed by atoms with van der Waals surface area (Å²) in [6.45, 7) is 1.81. The van der Waals surface area contributed by atoms with E-state index in [2.05, 4.69) is 15.2 Å². The second kappa shape index (κ2) is 4.17. The summed E-state index contributed by atoms with van der Waals surface area (Å²) in [5, 5.41) is 8.52. The third kappa shape index (κ3) is 1.90. The number of fused-ring (bicyclic) bond motifs is 1. The van der Waals surface area contributed by atoms with E-state index < -0.39 is 0 Å². The van der Waals surface area contributed by atoms with Gasteiger partial charge in [-0.15, -0.1) is 10.2 Å².